The number of nitrogens with zero attached hydrogens (tertiary/aromatic N) is 1. The second kappa shape index (κ2) is 7.48. The van der Waals surface area contributed by atoms with Gasteiger partial charge in [-0.15, -0.1) is 0 Å². The third-order valence-electron chi connectivity index (χ3n) is 3.19. The molecule has 0 amide bonds. The second-order valence-corrected chi connectivity index (χ2v) is 4.29. The van der Waals surface area contributed by atoms with Gasteiger partial charge in [0.15, 0.2) is 0 Å². The van der Waals surface area contributed by atoms with Gasteiger partial charge < -0.3 is 14.9 Å². The summed E-state index contributed by atoms with van der Waals surface area (Å²) in [6.07, 6.45) is 2.84. The summed E-state index contributed by atoms with van der Waals surface area (Å²) in [5.74, 6) is 0.885. The van der Waals surface area contributed by atoms with Crippen LogP contribution in [0.5, 0.6) is 0 Å². The lowest BCUT2D eigenvalue weighted by Gasteiger charge is -2.27. The van der Waals surface area contributed by atoms with Gasteiger partial charge in [0.2, 0.25) is 0 Å². The first-order valence-electron chi connectivity index (χ1n) is 6.21. The average Bonchev–Trinajstić information content (AvgIpc) is 2.80. The third-order valence-corrected chi connectivity index (χ3v) is 3.19. The molecule has 0 aliphatic heterocycles. The van der Waals surface area contributed by atoms with Gasteiger partial charge >= 0.3 is 0 Å². The molecule has 1 aromatic rings. The predicted octanol–water partition coefficient (Wildman–Crippen LogP) is 1.99. The first kappa shape index (κ1) is 14.2. The minimum Gasteiger partial charge on any atom is -0.468 e. The van der Waals surface area contributed by atoms with E-state index >= 15 is 0 Å². The van der Waals surface area contributed by atoms with Crippen molar-refractivity contribution in [2.75, 3.05) is 20.3 Å². The van der Waals surface area contributed by atoms with Gasteiger partial charge in [-0.3, -0.25) is 4.90 Å². The SMILES string of the molecule is CCC(C)N(CCOC)Cc1ccoc1CN. The van der Waals surface area contributed by atoms with Crippen LogP contribution >= 0.6 is 0 Å². The lowest BCUT2D eigenvalue weighted by Crippen LogP contribution is -2.35. The van der Waals surface area contributed by atoms with Crippen molar-refractivity contribution < 1.29 is 9.15 Å². The molecule has 0 radical (unpaired) electrons. The van der Waals surface area contributed by atoms with Crippen molar-refractivity contribution in [3.8, 4) is 0 Å². The minimum atomic E-state index is 0.459. The van der Waals surface area contributed by atoms with E-state index < -0.39 is 0 Å². The highest BCUT2D eigenvalue weighted by atomic mass is 16.5. The van der Waals surface area contributed by atoms with Crippen molar-refractivity contribution >= 4 is 0 Å². The van der Waals surface area contributed by atoms with Crippen molar-refractivity contribution in [2.24, 2.45) is 5.73 Å². The Balaban J connectivity index is 2.64. The average molecular weight is 240 g/mol. The van der Waals surface area contributed by atoms with Crippen LogP contribution in [-0.2, 0) is 17.8 Å². The van der Waals surface area contributed by atoms with E-state index in [-0.39, 0.29) is 0 Å². The summed E-state index contributed by atoms with van der Waals surface area (Å²) in [7, 11) is 1.73. The molecule has 1 rings (SSSR count). The summed E-state index contributed by atoms with van der Waals surface area (Å²) >= 11 is 0. The quantitative estimate of drug-likeness (QED) is 0.755. The highest BCUT2D eigenvalue weighted by Gasteiger charge is 2.15. The number of furan rings is 1. The highest BCUT2D eigenvalue weighted by Crippen LogP contribution is 2.15. The zero-order valence-corrected chi connectivity index (χ0v) is 11.1. The van der Waals surface area contributed by atoms with E-state index in [0.717, 1.165) is 31.9 Å². The fourth-order valence-corrected chi connectivity index (χ4v) is 1.83. The number of hydrogen-bond donors (Lipinski definition) is 1. The van der Waals surface area contributed by atoms with Crippen LogP contribution in [0, 0.1) is 0 Å². The van der Waals surface area contributed by atoms with Gasteiger partial charge in [0.05, 0.1) is 19.4 Å². The second-order valence-electron chi connectivity index (χ2n) is 4.29. The molecular weight excluding hydrogens is 216 g/mol. The minimum absolute atomic E-state index is 0.459. The molecule has 0 fully saturated rings. The molecular formula is C13H24N2O2. The summed E-state index contributed by atoms with van der Waals surface area (Å²) in [6.45, 7) is 7.45. The van der Waals surface area contributed by atoms with Crippen molar-refractivity contribution in [2.45, 2.75) is 39.4 Å². The van der Waals surface area contributed by atoms with Gasteiger partial charge in [0, 0.05) is 31.8 Å². The van der Waals surface area contributed by atoms with E-state index in [2.05, 4.69) is 18.7 Å². The number of methoxy groups -OCH3 is 1. The first-order chi connectivity index (χ1) is 8.22. The topological polar surface area (TPSA) is 51.6 Å². The molecule has 0 saturated heterocycles. The molecule has 1 heterocycles. The van der Waals surface area contributed by atoms with Gasteiger partial charge in [-0.25, -0.2) is 0 Å². The third kappa shape index (κ3) is 4.15. The Morgan fingerprint density at radius 3 is 2.88 bits per heavy atom. The fraction of sp³-hybridized carbons (Fsp3) is 0.692. The molecule has 0 bridgehead atoms. The van der Waals surface area contributed by atoms with Gasteiger partial charge in [-0.1, -0.05) is 6.92 Å². The molecule has 0 saturated carbocycles. The Labute approximate surface area is 104 Å². The lowest BCUT2D eigenvalue weighted by atomic mass is 10.1. The van der Waals surface area contributed by atoms with Crippen LogP contribution in [0.1, 0.15) is 31.6 Å². The van der Waals surface area contributed by atoms with E-state index in [4.69, 9.17) is 14.9 Å². The van der Waals surface area contributed by atoms with E-state index in [1.807, 2.05) is 6.07 Å². The summed E-state index contributed by atoms with van der Waals surface area (Å²) < 4.78 is 10.5. The van der Waals surface area contributed by atoms with Gasteiger partial charge in [-0.2, -0.15) is 0 Å². The van der Waals surface area contributed by atoms with Crippen LogP contribution in [0.25, 0.3) is 0 Å². The maximum Gasteiger partial charge on any atom is 0.121 e. The van der Waals surface area contributed by atoms with Crippen molar-refractivity contribution in [3.63, 3.8) is 0 Å². The van der Waals surface area contributed by atoms with Crippen LogP contribution in [0.4, 0.5) is 0 Å². The zero-order valence-electron chi connectivity index (χ0n) is 11.1. The van der Waals surface area contributed by atoms with Crippen LogP contribution in [0.15, 0.2) is 16.7 Å². The summed E-state index contributed by atoms with van der Waals surface area (Å²) in [4.78, 5) is 2.40. The summed E-state index contributed by atoms with van der Waals surface area (Å²) in [5.41, 5.74) is 6.83. The van der Waals surface area contributed by atoms with Crippen LogP contribution in [0.2, 0.25) is 0 Å². The summed E-state index contributed by atoms with van der Waals surface area (Å²) in [6, 6.07) is 2.54. The number of ether oxygens (including phenoxy) is 1. The summed E-state index contributed by atoms with van der Waals surface area (Å²) in [5, 5.41) is 0. The molecule has 0 aromatic carbocycles. The smallest absolute Gasteiger partial charge is 0.121 e. The molecule has 1 aromatic heterocycles. The Bertz CT molecular complexity index is 312. The Hall–Kier alpha value is -0.840. The normalized spacial score (nSPS) is 13.2. The lowest BCUT2D eigenvalue weighted by molar-refractivity contribution is 0.117. The van der Waals surface area contributed by atoms with E-state index in [1.165, 1.54) is 5.56 Å². The maximum absolute atomic E-state index is 5.64. The molecule has 0 spiro atoms. The number of hydrogen-bond acceptors (Lipinski definition) is 4. The molecule has 4 heteroatoms. The van der Waals surface area contributed by atoms with Crippen molar-refractivity contribution in [1.82, 2.24) is 4.90 Å². The van der Waals surface area contributed by atoms with Gasteiger partial charge in [0.1, 0.15) is 5.76 Å². The highest BCUT2D eigenvalue weighted by molar-refractivity contribution is 5.16. The van der Waals surface area contributed by atoms with Crippen molar-refractivity contribution in [3.05, 3.63) is 23.7 Å². The van der Waals surface area contributed by atoms with Crippen molar-refractivity contribution in [1.29, 1.82) is 0 Å². The molecule has 1 unspecified atom stereocenters. The molecule has 0 aliphatic rings. The fourth-order valence-electron chi connectivity index (χ4n) is 1.83. The maximum atomic E-state index is 5.64. The van der Waals surface area contributed by atoms with E-state index in [0.29, 0.717) is 12.6 Å². The number of nitrogens with two attached hydrogens (primary N) is 1. The Kier molecular flexibility index (Phi) is 6.26. The molecule has 98 valence electrons. The van der Waals surface area contributed by atoms with Gasteiger partial charge in [0.25, 0.3) is 0 Å². The molecule has 1 atom stereocenters. The van der Waals surface area contributed by atoms with Crippen LogP contribution in [0.3, 0.4) is 0 Å². The monoisotopic (exact) mass is 240 g/mol. The molecule has 17 heavy (non-hydrogen) atoms. The largest absolute Gasteiger partial charge is 0.468 e. The van der Waals surface area contributed by atoms with Crippen LogP contribution < -0.4 is 5.73 Å². The molecule has 4 nitrogen and oxygen atoms in total. The standard InChI is InChI=1S/C13H24N2O2/c1-4-11(2)15(6-8-16-3)10-12-5-7-17-13(12)9-14/h5,7,11H,4,6,8-10,14H2,1-3H3. The molecule has 2 N–H and O–H groups in total. The van der Waals surface area contributed by atoms with Gasteiger partial charge in [-0.05, 0) is 19.4 Å². The number of rotatable bonds is 8. The zero-order chi connectivity index (χ0) is 12.7. The van der Waals surface area contributed by atoms with Crippen LogP contribution in [-0.4, -0.2) is 31.2 Å². The Morgan fingerprint density at radius 1 is 1.53 bits per heavy atom. The Morgan fingerprint density at radius 2 is 2.29 bits per heavy atom. The van der Waals surface area contributed by atoms with E-state index in [9.17, 15) is 0 Å². The van der Waals surface area contributed by atoms with E-state index in [1.54, 1.807) is 13.4 Å². The predicted molar refractivity (Wildman–Crippen MR) is 68.6 cm³/mol. The molecule has 0 aliphatic carbocycles. The first-order valence-corrected chi connectivity index (χ1v) is 6.21.